The molecule has 21 heavy (non-hydrogen) atoms. The molecule has 1 heterocycles. The predicted octanol–water partition coefficient (Wildman–Crippen LogP) is 2.19. The highest BCUT2D eigenvalue weighted by Crippen LogP contribution is 2.11. The molecule has 5 nitrogen and oxygen atoms in total. The van der Waals surface area contributed by atoms with E-state index < -0.39 is 9.84 Å². The van der Waals surface area contributed by atoms with Gasteiger partial charge in [-0.05, 0) is 42.3 Å². The van der Waals surface area contributed by atoms with Gasteiger partial charge in [-0.25, -0.2) is 13.4 Å². The van der Waals surface area contributed by atoms with Crippen LogP contribution in [0.4, 0.5) is 5.82 Å². The number of amides is 1. The normalized spacial score (nSPS) is 11.1. The third-order valence-corrected chi connectivity index (χ3v) is 3.66. The molecule has 2 aromatic rings. The number of carbonyl (C=O) groups excluding carboxylic acids is 1. The molecule has 0 saturated carbocycles. The molecule has 1 amide bonds. The van der Waals surface area contributed by atoms with Gasteiger partial charge in [-0.2, -0.15) is 0 Å². The lowest BCUT2D eigenvalue weighted by Crippen LogP contribution is -2.13. The van der Waals surface area contributed by atoms with Gasteiger partial charge in [0.1, 0.15) is 5.82 Å². The first-order valence-electron chi connectivity index (χ1n) is 6.34. The van der Waals surface area contributed by atoms with Crippen LogP contribution in [0.1, 0.15) is 21.5 Å². The summed E-state index contributed by atoms with van der Waals surface area (Å²) in [6.45, 7) is 1.91. The van der Waals surface area contributed by atoms with Crippen LogP contribution in [0.15, 0.2) is 42.6 Å². The summed E-state index contributed by atoms with van der Waals surface area (Å²) in [5, 5.41) is 2.70. The number of nitrogens with zero attached hydrogens (tertiary/aromatic N) is 1. The minimum absolute atomic E-state index is 0.0334. The molecule has 1 N–H and O–H groups in total. The van der Waals surface area contributed by atoms with E-state index in [0.29, 0.717) is 16.9 Å². The van der Waals surface area contributed by atoms with Crippen LogP contribution in [-0.2, 0) is 15.6 Å². The van der Waals surface area contributed by atoms with Crippen molar-refractivity contribution in [3.63, 3.8) is 0 Å². The van der Waals surface area contributed by atoms with Crippen LogP contribution in [-0.4, -0.2) is 25.6 Å². The van der Waals surface area contributed by atoms with Gasteiger partial charge in [0.2, 0.25) is 0 Å². The van der Waals surface area contributed by atoms with E-state index in [2.05, 4.69) is 10.3 Å². The van der Waals surface area contributed by atoms with Crippen LogP contribution in [0.2, 0.25) is 0 Å². The molecule has 0 radical (unpaired) electrons. The Hall–Kier alpha value is -2.21. The Morgan fingerprint density at radius 3 is 2.43 bits per heavy atom. The second-order valence-electron chi connectivity index (χ2n) is 4.94. The zero-order chi connectivity index (χ0) is 15.5. The molecule has 2 rings (SSSR count). The highest BCUT2D eigenvalue weighted by molar-refractivity contribution is 7.89. The molecule has 6 heteroatoms. The summed E-state index contributed by atoms with van der Waals surface area (Å²) < 4.78 is 22.4. The van der Waals surface area contributed by atoms with Crippen molar-refractivity contribution in [1.82, 2.24) is 4.98 Å². The molecule has 1 aromatic heterocycles. The van der Waals surface area contributed by atoms with Crippen molar-refractivity contribution < 1.29 is 13.2 Å². The van der Waals surface area contributed by atoms with Crippen molar-refractivity contribution in [3.8, 4) is 0 Å². The van der Waals surface area contributed by atoms with Crippen LogP contribution in [0.3, 0.4) is 0 Å². The van der Waals surface area contributed by atoms with E-state index in [-0.39, 0.29) is 11.7 Å². The number of carbonyl (C=O) groups is 1. The summed E-state index contributed by atoms with van der Waals surface area (Å²) in [7, 11) is -3.07. The minimum atomic E-state index is -3.07. The van der Waals surface area contributed by atoms with Crippen LogP contribution in [0.25, 0.3) is 0 Å². The van der Waals surface area contributed by atoms with Crippen LogP contribution in [0, 0.1) is 6.92 Å². The summed E-state index contributed by atoms with van der Waals surface area (Å²) in [5.74, 6) is 0.174. The van der Waals surface area contributed by atoms with E-state index >= 15 is 0 Å². The van der Waals surface area contributed by atoms with E-state index in [1.165, 1.54) is 6.26 Å². The Balaban J connectivity index is 2.10. The van der Waals surface area contributed by atoms with Gasteiger partial charge in [-0.15, -0.1) is 0 Å². The molecule has 0 aliphatic heterocycles. The fourth-order valence-electron chi connectivity index (χ4n) is 1.85. The molecule has 0 aliphatic carbocycles. The summed E-state index contributed by atoms with van der Waals surface area (Å²) in [4.78, 5) is 16.1. The molecular weight excluding hydrogens is 288 g/mol. The maximum Gasteiger partial charge on any atom is 0.256 e. The topological polar surface area (TPSA) is 76.1 Å². The van der Waals surface area contributed by atoms with E-state index in [1.54, 1.807) is 36.5 Å². The van der Waals surface area contributed by atoms with Crippen molar-refractivity contribution in [2.75, 3.05) is 11.6 Å². The molecule has 0 saturated heterocycles. The molecule has 0 fully saturated rings. The van der Waals surface area contributed by atoms with Gasteiger partial charge in [-0.1, -0.05) is 12.1 Å². The maximum atomic E-state index is 12.1. The number of sulfone groups is 1. The number of benzene rings is 1. The molecule has 110 valence electrons. The Kier molecular flexibility index (Phi) is 4.37. The van der Waals surface area contributed by atoms with Gasteiger partial charge in [0, 0.05) is 18.0 Å². The quantitative estimate of drug-likeness (QED) is 0.939. The first-order valence-corrected chi connectivity index (χ1v) is 8.40. The molecule has 0 spiro atoms. The number of rotatable bonds is 4. The lowest BCUT2D eigenvalue weighted by atomic mass is 10.1. The van der Waals surface area contributed by atoms with Crippen LogP contribution >= 0.6 is 0 Å². The zero-order valence-electron chi connectivity index (χ0n) is 11.8. The van der Waals surface area contributed by atoms with E-state index in [0.717, 1.165) is 5.56 Å². The number of aryl methyl sites for hydroxylation is 1. The molecule has 0 atom stereocenters. The summed E-state index contributed by atoms with van der Waals surface area (Å²) >= 11 is 0. The first kappa shape index (κ1) is 15.2. The third kappa shape index (κ3) is 4.68. The lowest BCUT2D eigenvalue weighted by Gasteiger charge is -2.06. The van der Waals surface area contributed by atoms with Crippen molar-refractivity contribution >= 4 is 21.6 Å². The fraction of sp³-hybridized carbons (Fsp3) is 0.200. The average molecular weight is 304 g/mol. The lowest BCUT2D eigenvalue weighted by molar-refractivity contribution is 0.102. The molecular formula is C15H16N2O3S. The SMILES string of the molecule is Cc1ccnc(NC(=O)c2ccc(CS(C)(=O)=O)cc2)c1. The minimum Gasteiger partial charge on any atom is -0.307 e. The number of nitrogens with one attached hydrogen (secondary N) is 1. The van der Waals surface area contributed by atoms with Crippen molar-refractivity contribution in [3.05, 3.63) is 59.3 Å². The van der Waals surface area contributed by atoms with E-state index in [4.69, 9.17) is 0 Å². The number of aromatic nitrogens is 1. The largest absolute Gasteiger partial charge is 0.307 e. The van der Waals surface area contributed by atoms with Gasteiger partial charge in [-0.3, -0.25) is 4.79 Å². The number of anilines is 1. The number of pyridine rings is 1. The van der Waals surface area contributed by atoms with Gasteiger partial charge in [0.15, 0.2) is 9.84 Å². The van der Waals surface area contributed by atoms with Crippen molar-refractivity contribution in [1.29, 1.82) is 0 Å². The van der Waals surface area contributed by atoms with E-state index in [1.807, 2.05) is 13.0 Å². The predicted molar refractivity (Wildman–Crippen MR) is 81.9 cm³/mol. The average Bonchev–Trinajstić information content (AvgIpc) is 2.37. The van der Waals surface area contributed by atoms with Crippen LogP contribution < -0.4 is 5.32 Å². The summed E-state index contributed by atoms with van der Waals surface area (Å²) in [6, 6.07) is 10.1. The highest BCUT2D eigenvalue weighted by atomic mass is 32.2. The monoisotopic (exact) mass is 304 g/mol. The fourth-order valence-corrected chi connectivity index (χ4v) is 2.65. The molecule has 0 bridgehead atoms. The summed E-state index contributed by atoms with van der Waals surface area (Å²) in [6.07, 6.45) is 2.80. The van der Waals surface area contributed by atoms with Gasteiger partial charge in [0.05, 0.1) is 5.75 Å². The standard InChI is InChI=1S/C15H16N2O3S/c1-11-7-8-16-14(9-11)17-15(18)13-5-3-12(4-6-13)10-21(2,19)20/h3-9H,10H2,1-2H3,(H,16,17,18). The molecule has 0 unspecified atom stereocenters. The van der Waals surface area contributed by atoms with Gasteiger partial charge in [0.25, 0.3) is 5.91 Å². The highest BCUT2D eigenvalue weighted by Gasteiger charge is 2.09. The van der Waals surface area contributed by atoms with Crippen molar-refractivity contribution in [2.45, 2.75) is 12.7 Å². The molecule has 1 aromatic carbocycles. The number of hydrogen-bond donors (Lipinski definition) is 1. The van der Waals surface area contributed by atoms with Gasteiger partial charge < -0.3 is 5.32 Å². The maximum absolute atomic E-state index is 12.1. The van der Waals surface area contributed by atoms with Crippen molar-refractivity contribution in [2.24, 2.45) is 0 Å². The second-order valence-corrected chi connectivity index (χ2v) is 7.08. The third-order valence-electron chi connectivity index (χ3n) is 2.80. The Bertz CT molecular complexity index is 753. The number of hydrogen-bond acceptors (Lipinski definition) is 4. The Labute approximate surface area is 124 Å². The van der Waals surface area contributed by atoms with Gasteiger partial charge >= 0.3 is 0 Å². The summed E-state index contributed by atoms with van der Waals surface area (Å²) in [5.41, 5.74) is 2.11. The Morgan fingerprint density at radius 1 is 1.19 bits per heavy atom. The Morgan fingerprint density at radius 2 is 1.86 bits per heavy atom. The second kappa shape index (κ2) is 6.05. The smallest absolute Gasteiger partial charge is 0.256 e. The van der Waals surface area contributed by atoms with Crippen LogP contribution in [0.5, 0.6) is 0 Å². The van der Waals surface area contributed by atoms with E-state index in [9.17, 15) is 13.2 Å². The zero-order valence-corrected chi connectivity index (χ0v) is 12.6. The first-order chi connectivity index (χ1) is 9.83. The molecule has 0 aliphatic rings.